The van der Waals surface area contributed by atoms with E-state index in [4.69, 9.17) is 9.90 Å². The molecule has 0 aromatic heterocycles. The summed E-state index contributed by atoms with van der Waals surface area (Å²) in [5.74, 6) is -2.76. The standard InChI is InChI=1S/C13H13F6N3.C2HF3O2/c1-22(7-6-11(20-21-11)13(17,18)19)8-9-2-4-10(5-3-9)12(14,15)16;3-2(4,5)1(6)7/h2-5H,6-8H2,1H3;(H,6,7). The fraction of sp³-hybridized carbons (Fsp3) is 0.533. The van der Waals surface area contributed by atoms with Crippen molar-refractivity contribution >= 4 is 5.97 Å². The number of carboxylic acid groups (broad SMARTS) is 1. The maximum absolute atomic E-state index is 12.6. The molecule has 1 N–H and O–H groups in total. The number of rotatable bonds is 5. The number of hydrogen-bond donors (Lipinski definition) is 1. The molecule has 29 heavy (non-hydrogen) atoms. The minimum Gasteiger partial charge on any atom is -0.475 e. The van der Waals surface area contributed by atoms with Gasteiger partial charge in [-0.1, -0.05) is 12.1 Å². The van der Waals surface area contributed by atoms with E-state index in [9.17, 15) is 39.5 Å². The van der Waals surface area contributed by atoms with Crippen LogP contribution in [0.4, 0.5) is 39.5 Å². The number of aliphatic carboxylic acids is 1. The summed E-state index contributed by atoms with van der Waals surface area (Å²) < 4.78 is 107. The number of nitrogens with zero attached hydrogens (tertiary/aromatic N) is 3. The number of benzene rings is 1. The van der Waals surface area contributed by atoms with Crippen LogP contribution in [0.3, 0.4) is 0 Å². The summed E-state index contributed by atoms with van der Waals surface area (Å²) in [6, 6.07) is 4.52. The maximum Gasteiger partial charge on any atom is 0.490 e. The molecular weight excluding hydrogens is 425 g/mol. The van der Waals surface area contributed by atoms with Crippen LogP contribution in [0.15, 0.2) is 34.5 Å². The monoisotopic (exact) mass is 439 g/mol. The zero-order chi connectivity index (χ0) is 22.7. The molecule has 5 nitrogen and oxygen atoms in total. The lowest BCUT2D eigenvalue weighted by Crippen LogP contribution is -2.36. The molecule has 0 saturated heterocycles. The number of hydrogen-bond acceptors (Lipinski definition) is 4. The van der Waals surface area contributed by atoms with Crippen molar-refractivity contribution in [3.05, 3.63) is 35.4 Å². The topological polar surface area (TPSA) is 65.3 Å². The van der Waals surface area contributed by atoms with Gasteiger partial charge in [-0.25, -0.2) is 4.79 Å². The highest BCUT2D eigenvalue weighted by atomic mass is 19.4. The molecule has 0 fully saturated rings. The second kappa shape index (κ2) is 8.55. The van der Waals surface area contributed by atoms with E-state index in [0.717, 1.165) is 12.1 Å². The summed E-state index contributed by atoms with van der Waals surface area (Å²) in [6.07, 6.45) is -14.3. The summed E-state index contributed by atoms with van der Waals surface area (Å²) in [4.78, 5) is 10.5. The minimum atomic E-state index is -5.08. The van der Waals surface area contributed by atoms with Crippen LogP contribution < -0.4 is 0 Å². The zero-order valence-corrected chi connectivity index (χ0v) is 14.5. The summed E-state index contributed by atoms with van der Waals surface area (Å²) in [5.41, 5.74) is -2.46. The lowest BCUT2D eigenvalue weighted by Gasteiger charge is -2.20. The van der Waals surface area contributed by atoms with Crippen molar-refractivity contribution < 1.29 is 49.4 Å². The van der Waals surface area contributed by atoms with E-state index >= 15 is 0 Å². The van der Waals surface area contributed by atoms with Gasteiger partial charge >= 0.3 is 24.5 Å². The van der Waals surface area contributed by atoms with E-state index in [2.05, 4.69) is 10.2 Å². The van der Waals surface area contributed by atoms with Gasteiger partial charge in [-0.15, -0.1) is 10.2 Å². The third-order valence-corrected chi connectivity index (χ3v) is 3.61. The van der Waals surface area contributed by atoms with Crippen LogP contribution in [0.25, 0.3) is 0 Å². The molecule has 0 atom stereocenters. The maximum atomic E-state index is 12.6. The van der Waals surface area contributed by atoms with Gasteiger partial charge in [-0.2, -0.15) is 39.5 Å². The quantitative estimate of drug-likeness (QED) is 0.665. The van der Waals surface area contributed by atoms with E-state index in [1.807, 2.05) is 0 Å². The third kappa shape index (κ3) is 7.51. The SMILES string of the molecule is CN(CCC1(C(F)(F)F)N=N1)Cc1ccc(C(F)(F)F)cc1.O=C(O)C(F)(F)F. The van der Waals surface area contributed by atoms with Crippen molar-refractivity contribution in [2.75, 3.05) is 13.6 Å². The lowest BCUT2D eigenvalue weighted by molar-refractivity contribution is -0.192. The van der Waals surface area contributed by atoms with Crippen LogP contribution in [0.1, 0.15) is 17.5 Å². The van der Waals surface area contributed by atoms with Crippen LogP contribution in [0, 0.1) is 0 Å². The average Bonchev–Trinajstić information content (AvgIpc) is 3.33. The van der Waals surface area contributed by atoms with Gasteiger partial charge in [0.05, 0.1) is 5.56 Å². The molecule has 0 saturated carbocycles. The first-order valence-electron chi connectivity index (χ1n) is 7.63. The van der Waals surface area contributed by atoms with E-state index in [0.29, 0.717) is 5.56 Å². The van der Waals surface area contributed by atoms with Gasteiger partial charge in [0, 0.05) is 19.5 Å². The second-order valence-corrected chi connectivity index (χ2v) is 6.00. The normalized spacial score (nSPS) is 15.7. The second-order valence-electron chi connectivity index (χ2n) is 6.00. The molecule has 2 rings (SSSR count). The van der Waals surface area contributed by atoms with E-state index in [-0.39, 0.29) is 19.5 Å². The zero-order valence-electron chi connectivity index (χ0n) is 14.5. The molecule has 1 heterocycles. The Balaban J connectivity index is 0.000000516. The molecule has 0 unspecified atom stereocenters. The highest BCUT2D eigenvalue weighted by Gasteiger charge is 2.63. The predicted molar refractivity (Wildman–Crippen MR) is 79.7 cm³/mol. The average molecular weight is 439 g/mol. The van der Waals surface area contributed by atoms with Gasteiger partial charge in [0.2, 0.25) is 0 Å². The lowest BCUT2D eigenvalue weighted by atomic mass is 10.1. The first-order chi connectivity index (χ1) is 13.0. The summed E-state index contributed by atoms with van der Waals surface area (Å²) in [6.45, 7) is 0.319. The number of alkyl halides is 9. The summed E-state index contributed by atoms with van der Waals surface area (Å²) in [7, 11) is 1.59. The minimum absolute atomic E-state index is 0.0769. The Bertz CT molecular complexity index is 719. The first kappa shape index (κ1) is 24.7. The van der Waals surface area contributed by atoms with E-state index in [1.54, 1.807) is 11.9 Å². The molecule has 1 aromatic carbocycles. The highest BCUT2D eigenvalue weighted by molar-refractivity contribution is 5.73. The molecule has 1 aliphatic heterocycles. The molecule has 0 bridgehead atoms. The van der Waals surface area contributed by atoms with Crippen molar-refractivity contribution in [3.63, 3.8) is 0 Å². The number of halogens is 9. The Morgan fingerprint density at radius 2 is 1.45 bits per heavy atom. The van der Waals surface area contributed by atoms with Crippen molar-refractivity contribution in [1.29, 1.82) is 0 Å². The van der Waals surface area contributed by atoms with Crippen LogP contribution in [0.5, 0.6) is 0 Å². The molecule has 1 aliphatic rings. The van der Waals surface area contributed by atoms with Crippen molar-refractivity contribution in [3.8, 4) is 0 Å². The molecule has 0 spiro atoms. The first-order valence-corrected chi connectivity index (χ1v) is 7.63. The Morgan fingerprint density at radius 3 is 1.76 bits per heavy atom. The van der Waals surface area contributed by atoms with Crippen LogP contribution in [-0.4, -0.2) is 47.6 Å². The Kier molecular flexibility index (Phi) is 7.27. The Labute approximate surface area is 157 Å². The smallest absolute Gasteiger partial charge is 0.475 e. The molecule has 0 aliphatic carbocycles. The molecule has 1 aromatic rings. The Morgan fingerprint density at radius 1 is 1.00 bits per heavy atom. The molecule has 164 valence electrons. The van der Waals surface area contributed by atoms with E-state index in [1.165, 1.54) is 12.1 Å². The molecule has 0 amide bonds. The molecule has 14 heteroatoms. The van der Waals surface area contributed by atoms with Gasteiger partial charge in [0.25, 0.3) is 5.66 Å². The van der Waals surface area contributed by atoms with Gasteiger partial charge in [-0.3, -0.25) is 0 Å². The fourth-order valence-electron chi connectivity index (χ4n) is 1.95. The molecular formula is C15H14F9N3O2. The number of carboxylic acids is 1. The molecule has 0 radical (unpaired) electrons. The highest BCUT2D eigenvalue weighted by Crippen LogP contribution is 2.46. The largest absolute Gasteiger partial charge is 0.490 e. The van der Waals surface area contributed by atoms with Crippen molar-refractivity contribution in [2.45, 2.75) is 37.2 Å². The van der Waals surface area contributed by atoms with Gasteiger partial charge < -0.3 is 10.0 Å². The summed E-state index contributed by atoms with van der Waals surface area (Å²) >= 11 is 0. The van der Waals surface area contributed by atoms with Gasteiger partial charge in [-0.05, 0) is 24.7 Å². The van der Waals surface area contributed by atoms with Crippen LogP contribution >= 0.6 is 0 Å². The number of carbonyl (C=O) groups is 1. The fourth-order valence-corrected chi connectivity index (χ4v) is 1.95. The predicted octanol–water partition coefficient (Wildman–Crippen LogP) is 4.89. The van der Waals surface area contributed by atoms with Gasteiger partial charge in [0.1, 0.15) is 0 Å². The summed E-state index contributed by atoms with van der Waals surface area (Å²) in [5, 5.41) is 13.3. The third-order valence-electron chi connectivity index (χ3n) is 3.61. The van der Waals surface area contributed by atoms with Crippen molar-refractivity contribution in [2.24, 2.45) is 10.2 Å². The van der Waals surface area contributed by atoms with Gasteiger partial charge in [0.15, 0.2) is 0 Å². The van der Waals surface area contributed by atoms with Crippen LogP contribution in [-0.2, 0) is 17.5 Å². The Hall–Kier alpha value is -2.38. The van der Waals surface area contributed by atoms with E-state index < -0.39 is 35.7 Å². The van der Waals surface area contributed by atoms with Crippen molar-refractivity contribution in [1.82, 2.24) is 4.90 Å². The van der Waals surface area contributed by atoms with Crippen LogP contribution in [0.2, 0.25) is 0 Å².